The van der Waals surface area contributed by atoms with Crippen LogP contribution in [-0.4, -0.2) is 28.8 Å². The highest BCUT2D eigenvalue weighted by Gasteiger charge is 2.39. The summed E-state index contributed by atoms with van der Waals surface area (Å²) in [6.45, 7) is 6.33. The molecule has 2 amide bonds. The van der Waals surface area contributed by atoms with Gasteiger partial charge in [-0.05, 0) is 39.0 Å². The molecule has 1 aliphatic heterocycles. The van der Waals surface area contributed by atoms with Gasteiger partial charge in [0, 0.05) is 24.2 Å². The first kappa shape index (κ1) is 16.1. The highest BCUT2D eigenvalue weighted by Crippen LogP contribution is 2.28. The van der Waals surface area contributed by atoms with Gasteiger partial charge in [0.2, 0.25) is 11.8 Å². The van der Waals surface area contributed by atoms with Gasteiger partial charge in [0.25, 0.3) is 0 Å². The lowest BCUT2D eigenvalue weighted by Gasteiger charge is -2.31. The van der Waals surface area contributed by atoms with Crippen molar-refractivity contribution in [2.75, 3.05) is 11.9 Å². The summed E-state index contributed by atoms with van der Waals surface area (Å²) in [6, 6.07) is 4.91. The third-order valence-corrected chi connectivity index (χ3v) is 4.23. The van der Waals surface area contributed by atoms with Gasteiger partial charge in [-0.3, -0.25) is 9.59 Å². The van der Waals surface area contributed by atoms with Crippen molar-refractivity contribution in [1.82, 2.24) is 4.90 Å². The second-order valence-electron chi connectivity index (χ2n) is 6.19. The Kier molecular flexibility index (Phi) is 4.49. The zero-order valence-electron chi connectivity index (χ0n) is 12.2. The average molecular weight is 329 g/mol. The summed E-state index contributed by atoms with van der Waals surface area (Å²) in [5.74, 6) is -0.503. The Labute approximate surface area is 134 Å². The Balaban J connectivity index is 2.05. The molecule has 0 aromatic heterocycles. The molecular formula is C15H18Cl2N2O2. The van der Waals surface area contributed by atoms with E-state index in [2.05, 4.69) is 5.32 Å². The van der Waals surface area contributed by atoms with E-state index in [0.29, 0.717) is 22.3 Å². The van der Waals surface area contributed by atoms with Gasteiger partial charge in [0.1, 0.15) is 0 Å². The molecule has 2 rings (SSSR count). The number of likely N-dealkylation sites (tertiary alicyclic amines) is 1. The van der Waals surface area contributed by atoms with E-state index >= 15 is 0 Å². The molecular weight excluding hydrogens is 311 g/mol. The molecule has 21 heavy (non-hydrogen) atoms. The van der Waals surface area contributed by atoms with Crippen molar-refractivity contribution < 1.29 is 9.59 Å². The van der Waals surface area contributed by atoms with E-state index in [-0.39, 0.29) is 29.7 Å². The van der Waals surface area contributed by atoms with E-state index in [1.54, 1.807) is 23.1 Å². The molecule has 4 nitrogen and oxygen atoms in total. The van der Waals surface area contributed by atoms with Crippen LogP contribution in [0.2, 0.25) is 10.0 Å². The van der Waals surface area contributed by atoms with Gasteiger partial charge in [0.05, 0.1) is 16.0 Å². The van der Waals surface area contributed by atoms with Crippen molar-refractivity contribution in [2.24, 2.45) is 5.92 Å². The van der Waals surface area contributed by atoms with Gasteiger partial charge >= 0.3 is 0 Å². The summed E-state index contributed by atoms with van der Waals surface area (Å²) in [6.07, 6.45) is 0.241. The standard InChI is InChI=1S/C15H18Cl2N2O2/c1-15(2,3)19-8-9(6-13(19)20)14(21)18-10-4-5-11(16)12(17)7-10/h4-5,7,9H,6,8H2,1-3H3,(H,18,21)/t9-/m1/s1. The Bertz CT molecular complexity index is 582. The Hall–Kier alpha value is -1.26. The summed E-state index contributed by atoms with van der Waals surface area (Å²) >= 11 is 11.8. The third kappa shape index (κ3) is 3.69. The van der Waals surface area contributed by atoms with Crippen LogP contribution in [0.5, 0.6) is 0 Å². The first-order valence-electron chi connectivity index (χ1n) is 6.75. The van der Waals surface area contributed by atoms with Crippen molar-refractivity contribution in [1.29, 1.82) is 0 Å². The predicted molar refractivity (Wildman–Crippen MR) is 84.7 cm³/mol. The lowest BCUT2D eigenvalue weighted by atomic mass is 10.1. The summed E-state index contributed by atoms with van der Waals surface area (Å²) in [7, 11) is 0. The van der Waals surface area contributed by atoms with Gasteiger partial charge < -0.3 is 10.2 Å². The van der Waals surface area contributed by atoms with Crippen molar-refractivity contribution >= 4 is 40.7 Å². The van der Waals surface area contributed by atoms with Crippen molar-refractivity contribution in [2.45, 2.75) is 32.7 Å². The van der Waals surface area contributed by atoms with Crippen LogP contribution >= 0.6 is 23.2 Å². The maximum Gasteiger partial charge on any atom is 0.229 e. The molecule has 0 spiro atoms. The number of rotatable bonds is 2. The van der Waals surface area contributed by atoms with Crippen molar-refractivity contribution in [3.8, 4) is 0 Å². The van der Waals surface area contributed by atoms with Crippen LogP contribution in [0.3, 0.4) is 0 Å². The lowest BCUT2D eigenvalue weighted by Crippen LogP contribution is -2.42. The third-order valence-electron chi connectivity index (χ3n) is 3.49. The largest absolute Gasteiger partial charge is 0.337 e. The molecule has 1 N–H and O–H groups in total. The summed E-state index contributed by atoms with van der Waals surface area (Å²) in [5, 5.41) is 3.60. The number of amides is 2. The number of benzene rings is 1. The van der Waals surface area contributed by atoms with E-state index in [0.717, 1.165) is 0 Å². The minimum absolute atomic E-state index is 0.0109. The van der Waals surface area contributed by atoms with Crippen LogP contribution in [0.25, 0.3) is 0 Å². The first-order valence-corrected chi connectivity index (χ1v) is 7.50. The molecule has 0 bridgehead atoms. The zero-order chi connectivity index (χ0) is 15.8. The van der Waals surface area contributed by atoms with Crippen LogP contribution < -0.4 is 5.32 Å². The fourth-order valence-corrected chi connectivity index (χ4v) is 2.65. The zero-order valence-corrected chi connectivity index (χ0v) is 13.8. The highest BCUT2D eigenvalue weighted by molar-refractivity contribution is 6.42. The number of nitrogens with one attached hydrogen (secondary N) is 1. The first-order chi connectivity index (χ1) is 9.68. The molecule has 1 aliphatic rings. The molecule has 1 aromatic carbocycles. The molecule has 0 saturated carbocycles. The number of carbonyl (C=O) groups excluding carboxylic acids is 2. The molecule has 1 heterocycles. The van der Waals surface area contributed by atoms with E-state index in [1.807, 2.05) is 20.8 Å². The van der Waals surface area contributed by atoms with Gasteiger partial charge in [-0.1, -0.05) is 23.2 Å². The fourth-order valence-electron chi connectivity index (χ4n) is 2.35. The van der Waals surface area contributed by atoms with Crippen molar-refractivity contribution in [3.05, 3.63) is 28.2 Å². The summed E-state index contributed by atoms with van der Waals surface area (Å²) < 4.78 is 0. The normalized spacial score (nSPS) is 19.0. The Morgan fingerprint density at radius 1 is 1.29 bits per heavy atom. The number of halogens is 2. The minimum Gasteiger partial charge on any atom is -0.337 e. The molecule has 1 saturated heterocycles. The van der Waals surface area contributed by atoms with E-state index in [9.17, 15) is 9.59 Å². The summed E-state index contributed by atoms with van der Waals surface area (Å²) in [4.78, 5) is 26.0. The van der Waals surface area contributed by atoms with E-state index in [1.165, 1.54) is 0 Å². The molecule has 1 aromatic rings. The molecule has 114 valence electrons. The monoisotopic (exact) mass is 328 g/mol. The number of anilines is 1. The van der Waals surface area contributed by atoms with Gasteiger partial charge in [0.15, 0.2) is 0 Å². The SMILES string of the molecule is CC(C)(C)N1C[C@H](C(=O)Nc2ccc(Cl)c(Cl)c2)CC1=O. The average Bonchev–Trinajstić information content (AvgIpc) is 2.76. The van der Waals surface area contributed by atoms with Crippen molar-refractivity contribution in [3.63, 3.8) is 0 Å². The van der Waals surface area contributed by atoms with Crippen LogP contribution in [0, 0.1) is 5.92 Å². The van der Waals surface area contributed by atoms with Gasteiger partial charge in [-0.15, -0.1) is 0 Å². The second kappa shape index (κ2) is 5.85. The number of nitrogens with zero attached hydrogens (tertiary/aromatic N) is 1. The molecule has 0 radical (unpaired) electrons. The van der Waals surface area contributed by atoms with Crippen LogP contribution in [0.1, 0.15) is 27.2 Å². The molecule has 1 fully saturated rings. The smallest absolute Gasteiger partial charge is 0.229 e. The minimum atomic E-state index is -0.342. The summed E-state index contributed by atoms with van der Waals surface area (Å²) in [5.41, 5.74) is 0.312. The molecule has 6 heteroatoms. The Morgan fingerprint density at radius 3 is 2.48 bits per heavy atom. The molecule has 0 aliphatic carbocycles. The lowest BCUT2D eigenvalue weighted by molar-refractivity contribution is -0.131. The van der Waals surface area contributed by atoms with E-state index in [4.69, 9.17) is 23.2 Å². The van der Waals surface area contributed by atoms with Crippen LogP contribution in [-0.2, 0) is 9.59 Å². The van der Waals surface area contributed by atoms with Crippen LogP contribution in [0.15, 0.2) is 18.2 Å². The topological polar surface area (TPSA) is 49.4 Å². The second-order valence-corrected chi connectivity index (χ2v) is 7.01. The number of carbonyl (C=O) groups is 2. The maximum atomic E-state index is 12.3. The Morgan fingerprint density at radius 2 is 1.95 bits per heavy atom. The predicted octanol–water partition coefficient (Wildman–Crippen LogP) is 3.58. The van der Waals surface area contributed by atoms with Gasteiger partial charge in [-0.25, -0.2) is 0 Å². The molecule has 0 unspecified atom stereocenters. The number of hydrogen-bond acceptors (Lipinski definition) is 2. The van der Waals surface area contributed by atoms with Gasteiger partial charge in [-0.2, -0.15) is 0 Å². The molecule has 1 atom stereocenters. The van der Waals surface area contributed by atoms with Crippen LogP contribution in [0.4, 0.5) is 5.69 Å². The fraction of sp³-hybridized carbons (Fsp3) is 0.467. The number of hydrogen-bond donors (Lipinski definition) is 1. The van der Waals surface area contributed by atoms with E-state index < -0.39 is 0 Å². The quantitative estimate of drug-likeness (QED) is 0.902. The highest BCUT2D eigenvalue weighted by atomic mass is 35.5. The maximum absolute atomic E-state index is 12.3.